The van der Waals surface area contributed by atoms with Gasteiger partial charge in [0.2, 0.25) is 11.7 Å². The number of carboxylic acids is 1. The normalized spacial score (nSPS) is 17.9. The molecule has 1 aliphatic rings. The van der Waals surface area contributed by atoms with Crippen LogP contribution in [0.3, 0.4) is 0 Å². The van der Waals surface area contributed by atoms with E-state index in [1.54, 1.807) is 0 Å². The Labute approximate surface area is 172 Å². The topological polar surface area (TPSA) is 82.7 Å². The van der Waals surface area contributed by atoms with Gasteiger partial charge in [-0.3, -0.25) is 9.69 Å². The molecular weight excluding hydrogens is 380 g/mol. The Morgan fingerprint density at radius 2 is 2.07 bits per heavy atom. The molecule has 3 rings (SSSR count). The van der Waals surface area contributed by atoms with E-state index in [9.17, 15) is 4.79 Å². The third kappa shape index (κ3) is 6.58. The third-order valence-electron chi connectivity index (χ3n) is 5.16. The van der Waals surface area contributed by atoms with E-state index < -0.39 is 5.97 Å². The first-order valence-corrected chi connectivity index (χ1v) is 9.64. The van der Waals surface area contributed by atoms with Crippen molar-refractivity contribution >= 4 is 18.4 Å². The monoisotopic (exact) mass is 408 g/mol. The number of aliphatic carboxylic acids is 1. The van der Waals surface area contributed by atoms with Gasteiger partial charge in [0, 0.05) is 18.0 Å². The van der Waals surface area contributed by atoms with Crippen molar-refractivity contribution in [2.75, 3.05) is 33.2 Å². The molecule has 0 saturated carbocycles. The van der Waals surface area contributed by atoms with Gasteiger partial charge in [-0.25, -0.2) is 0 Å². The maximum absolute atomic E-state index is 10.9. The van der Waals surface area contributed by atoms with Gasteiger partial charge < -0.3 is 14.5 Å². The van der Waals surface area contributed by atoms with Crippen LogP contribution in [-0.4, -0.2) is 70.3 Å². The summed E-state index contributed by atoms with van der Waals surface area (Å²) in [6, 6.07) is 10.2. The largest absolute Gasteiger partial charge is 0.480 e. The minimum absolute atomic E-state index is 0. The van der Waals surface area contributed by atoms with Gasteiger partial charge in [0.15, 0.2) is 0 Å². The van der Waals surface area contributed by atoms with Crippen LogP contribution in [0, 0.1) is 0 Å². The molecule has 0 spiro atoms. The van der Waals surface area contributed by atoms with Crippen molar-refractivity contribution in [1.29, 1.82) is 0 Å². The maximum atomic E-state index is 10.9. The number of benzene rings is 1. The Morgan fingerprint density at radius 1 is 1.29 bits per heavy atom. The van der Waals surface area contributed by atoms with E-state index in [-0.39, 0.29) is 19.0 Å². The standard InChI is InChI=1S/C20H28N4O3.ClH/c1-23(15-19(25)26)17-9-5-12-24(14-11-17)13-6-10-18-21-20(22-27-18)16-7-3-2-4-8-16;/h2-4,7-8,17H,5-6,9-15H2,1H3,(H,25,26);1H. The van der Waals surface area contributed by atoms with E-state index in [4.69, 9.17) is 9.63 Å². The number of hydrogen-bond donors (Lipinski definition) is 1. The molecule has 154 valence electrons. The highest BCUT2D eigenvalue weighted by atomic mass is 35.5. The summed E-state index contributed by atoms with van der Waals surface area (Å²) in [7, 11) is 1.91. The van der Waals surface area contributed by atoms with Crippen LogP contribution in [0.1, 0.15) is 31.6 Å². The number of carboxylic acid groups (broad SMARTS) is 1. The van der Waals surface area contributed by atoms with E-state index in [1.807, 2.05) is 42.3 Å². The highest BCUT2D eigenvalue weighted by molar-refractivity contribution is 5.85. The van der Waals surface area contributed by atoms with Gasteiger partial charge in [-0.1, -0.05) is 35.5 Å². The third-order valence-corrected chi connectivity index (χ3v) is 5.16. The Morgan fingerprint density at radius 3 is 2.82 bits per heavy atom. The first-order chi connectivity index (χ1) is 13.1. The Bertz CT molecular complexity index is 725. The second-order valence-electron chi connectivity index (χ2n) is 7.22. The molecular formula is C20H29ClN4O3. The van der Waals surface area contributed by atoms with Crippen LogP contribution < -0.4 is 0 Å². The first kappa shape index (κ1) is 22.3. The molecule has 2 aromatic rings. The fourth-order valence-electron chi connectivity index (χ4n) is 3.66. The number of carbonyl (C=O) groups is 1. The molecule has 1 aliphatic heterocycles. The van der Waals surface area contributed by atoms with Crippen LogP contribution in [0.15, 0.2) is 34.9 Å². The van der Waals surface area contributed by atoms with Crippen molar-refractivity contribution in [3.8, 4) is 11.4 Å². The fourth-order valence-corrected chi connectivity index (χ4v) is 3.66. The summed E-state index contributed by atoms with van der Waals surface area (Å²) in [4.78, 5) is 19.8. The van der Waals surface area contributed by atoms with Crippen molar-refractivity contribution < 1.29 is 14.4 Å². The smallest absolute Gasteiger partial charge is 0.317 e. The van der Waals surface area contributed by atoms with Gasteiger partial charge in [0.05, 0.1) is 6.54 Å². The number of aryl methyl sites for hydroxylation is 1. The number of nitrogens with zero attached hydrogens (tertiary/aromatic N) is 4. The minimum Gasteiger partial charge on any atom is -0.480 e. The highest BCUT2D eigenvalue weighted by Crippen LogP contribution is 2.17. The second-order valence-corrected chi connectivity index (χ2v) is 7.22. The van der Waals surface area contributed by atoms with E-state index in [0.29, 0.717) is 17.8 Å². The lowest BCUT2D eigenvalue weighted by molar-refractivity contribution is -0.138. The lowest BCUT2D eigenvalue weighted by atomic mass is 10.1. The molecule has 1 fully saturated rings. The predicted molar refractivity (Wildman–Crippen MR) is 110 cm³/mol. The lowest BCUT2D eigenvalue weighted by Gasteiger charge is -2.25. The molecule has 1 aromatic heterocycles. The molecule has 2 heterocycles. The van der Waals surface area contributed by atoms with Crippen LogP contribution in [0.2, 0.25) is 0 Å². The molecule has 0 bridgehead atoms. The van der Waals surface area contributed by atoms with Gasteiger partial charge in [-0.15, -0.1) is 12.4 Å². The molecule has 1 saturated heterocycles. The zero-order chi connectivity index (χ0) is 19.1. The van der Waals surface area contributed by atoms with Crippen molar-refractivity contribution in [1.82, 2.24) is 19.9 Å². The quantitative estimate of drug-likeness (QED) is 0.718. The zero-order valence-corrected chi connectivity index (χ0v) is 17.1. The molecule has 1 N–H and O–H groups in total. The van der Waals surface area contributed by atoms with E-state index >= 15 is 0 Å². The summed E-state index contributed by atoms with van der Waals surface area (Å²) in [5.74, 6) is 0.570. The van der Waals surface area contributed by atoms with Crippen molar-refractivity contribution in [2.24, 2.45) is 0 Å². The summed E-state index contributed by atoms with van der Waals surface area (Å²) in [5, 5.41) is 13.0. The summed E-state index contributed by atoms with van der Waals surface area (Å²) >= 11 is 0. The van der Waals surface area contributed by atoms with Crippen LogP contribution in [0.5, 0.6) is 0 Å². The summed E-state index contributed by atoms with van der Waals surface area (Å²) in [6.45, 7) is 3.19. The van der Waals surface area contributed by atoms with Crippen molar-refractivity contribution in [3.05, 3.63) is 36.2 Å². The average Bonchev–Trinajstić information content (AvgIpc) is 3.00. The molecule has 1 atom stereocenters. The zero-order valence-electron chi connectivity index (χ0n) is 16.3. The maximum Gasteiger partial charge on any atom is 0.317 e. The number of aromatic nitrogens is 2. The Hall–Kier alpha value is -1.96. The number of likely N-dealkylation sites (tertiary alicyclic amines) is 1. The fraction of sp³-hybridized carbons (Fsp3) is 0.550. The predicted octanol–water partition coefficient (Wildman–Crippen LogP) is 2.96. The SMILES string of the molecule is CN(CC(=O)O)C1CCCN(CCCc2nc(-c3ccccc3)no2)CC1.Cl. The highest BCUT2D eigenvalue weighted by Gasteiger charge is 2.21. The van der Waals surface area contributed by atoms with Crippen LogP contribution >= 0.6 is 12.4 Å². The minimum atomic E-state index is -0.756. The van der Waals surface area contributed by atoms with Crippen LogP contribution in [-0.2, 0) is 11.2 Å². The molecule has 7 nitrogen and oxygen atoms in total. The van der Waals surface area contributed by atoms with E-state index in [1.165, 1.54) is 0 Å². The summed E-state index contributed by atoms with van der Waals surface area (Å²) in [5.41, 5.74) is 0.969. The first-order valence-electron chi connectivity index (χ1n) is 9.64. The molecule has 0 aliphatic carbocycles. The van der Waals surface area contributed by atoms with E-state index in [2.05, 4.69) is 15.0 Å². The van der Waals surface area contributed by atoms with Crippen molar-refractivity contribution in [3.63, 3.8) is 0 Å². The van der Waals surface area contributed by atoms with E-state index in [0.717, 1.165) is 57.3 Å². The number of rotatable bonds is 8. The molecule has 0 amide bonds. The van der Waals surface area contributed by atoms with Gasteiger partial charge in [-0.2, -0.15) is 4.98 Å². The Kier molecular flexibility index (Phi) is 8.89. The molecule has 8 heteroatoms. The average molecular weight is 409 g/mol. The van der Waals surface area contributed by atoms with Crippen LogP contribution in [0.25, 0.3) is 11.4 Å². The molecule has 1 unspecified atom stereocenters. The summed E-state index contributed by atoms with van der Waals surface area (Å²) < 4.78 is 5.38. The number of hydrogen-bond acceptors (Lipinski definition) is 6. The summed E-state index contributed by atoms with van der Waals surface area (Å²) in [6.07, 6.45) is 4.94. The van der Waals surface area contributed by atoms with Gasteiger partial charge in [0.25, 0.3) is 0 Å². The van der Waals surface area contributed by atoms with Crippen LogP contribution in [0.4, 0.5) is 0 Å². The van der Waals surface area contributed by atoms with Gasteiger partial charge in [-0.05, 0) is 52.4 Å². The van der Waals surface area contributed by atoms with Crippen molar-refractivity contribution in [2.45, 2.75) is 38.1 Å². The molecule has 0 radical (unpaired) electrons. The number of likely N-dealkylation sites (N-methyl/N-ethyl adjacent to an activating group) is 1. The van der Waals surface area contributed by atoms with Gasteiger partial charge >= 0.3 is 5.97 Å². The van der Waals surface area contributed by atoms with Gasteiger partial charge in [0.1, 0.15) is 0 Å². The lowest BCUT2D eigenvalue weighted by Crippen LogP contribution is -2.36. The Balaban J connectivity index is 0.00000280. The second kappa shape index (κ2) is 11.1. The molecule has 28 heavy (non-hydrogen) atoms. The number of halogens is 1. The molecule has 1 aromatic carbocycles.